The van der Waals surface area contributed by atoms with Crippen molar-refractivity contribution in [1.29, 1.82) is 0 Å². The zero-order chi connectivity index (χ0) is 23.4. The first-order valence-electron chi connectivity index (χ1n) is 9.52. The summed E-state index contributed by atoms with van der Waals surface area (Å²) >= 11 is 19.6. The Morgan fingerprint density at radius 3 is 2.79 bits per heavy atom. The van der Waals surface area contributed by atoms with Crippen LogP contribution < -0.4 is 15.4 Å². The van der Waals surface area contributed by atoms with E-state index in [0.717, 1.165) is 10.4 Å². The van der Waals surface area contributed by atoms with Gasteiger partial charge in [0.05, 0.1) is 15.0 Å². The highest BCUT2D eigenvalue weighted by Crippen LogP contribution is 2.29. The average Bonchev–Trinajstić information content (AvgIpc) is 3.35. The molecular weight excluding hydrogens is 521 g/mol. The number of hydrogen-bond donors (Lipinski definition) is 2. The maximum atomic E-state index is 12.4. The van der Waals surface area contributed by atoms with Gasteiger partial charge in [-0.3, -0.25) is 14.9 Å². The molecule has 6 nitrogen and oxygen atoms in total. The summed E-state index contributed by atoms with van der Waals surface area (Å²) in [5.41, 5.74) is 1.67. The van der Waals surface area contributed by atoms with Gasteiger partial charge < -0.3 is 10.1 Å². The Morgan fingerprint density at radius 1 is 1.21 bits per heavy atom. The lowest BCUT2D eigenvalue weighted by Gasteiger charge is -2.09. The molecule has 168 valence electrons. The van der Waals surface area contributed by atoms with Gasteiger partial charge in [0.15, 0.2) is 11.7 Å². The number of thiocarbonyl (C=S) groups is 1. The molecule has 1 aromatic heterocycles. The zero-order valence-electron chi connectivity index (χ0n) is 16.8. The topological polar surface area (TPSA) is 80.3 Å². The van der Waals surface area contributed by atoms with Crippen LogP contribution in [0.15, 0.2) is 53.6 Å². The Bertz CT molecular complexity index is 1280. The van der Waals surface area contributed by atoms with Crippen LogP contribution in [0, 0.1) is 0 Å². The summed E-state index contributed by atoms with van der Waals surface area (Å²) in [7, 11) is 0. The van der Waals surface area contributed by atoms with Gasteiger partial charge in [0.25, 0.3) is 11.8 Å². The van der Waals surface area contributed by atoms with Gasteiger partial charge in [-0.25, -0.2) is 4.98 Å². The van der Waals surface area contributed by atoms with Crippen molar-refractivity contribution in [2.45, 2.75) is 6.42 Å². The highest BCUT2D eigenvalue weighted by atomic mass is 35.5. The fourth-order valence-corrected chi connectivity index (χ4v) is 5.11. The molecule has 1 aliphatic heterocycles. The van der Waals surface area contributed by atoms with E-state index >= 15 is 0 Å². The standard InChI is InChI=1S/C22H15Cl2N3O3S3/c23-15-6-5-12(8-16(15)24)7-14-10-25-21(32-14)26-19(28)11-30-17-4-2-1-3-13(17)9-18-20(29)27-22(31)33-18/h1-6,8-10H,7,11H2,(H,25,26,28)(H,27,29,31)/b18-9-. The Balaban J connectivity index is 1.35. The number of nitrogens with zero attached hydrogens (tertiary/aromatic N) is 1. The highest BCUT2D eigenvalue weighted by molar-refractivity contribution is 8.26. The van der Waals surface area contributed by atoms with Gasteiger partial charge in [-0.05, 0) is 29.8 Å². The van der Waals surface area contributed by atoms with Crippen molar-refractivity contribution in [3.05, 3.63) is 79.6 Å². The van der Waals surface area contributed by atoms with Crippen LogP contribution in [-0.4, -0.2) is 27.7 Å². The lowest BCUT2D eigenvalue weighted by Crippen LogP contribution is -2.20. The number of para-hydroxylation sites is 1. The van der Waals surface area contributed by atoms with Crippen LogP contribution in [0.25, 0.3) is 6.08 Å². The first-order chi connectivity index (χ1) is 15.9. The van der Waals surface area contributed by atoms with Gasteiger partial charge in [0.1, 0.15) is 10.1 Å². The van der Waals surface area contributed by atoms with Crippen molar-refractivity contribution < 1.29 is 14.3 Å². The summed E-state index contributed by atoms with van der Waals surface area (Å²) in [5, 5.41) is 6.78. The minimum absolute atomic E-state index is 0.209. The second kappa shape index (κ2) is 10.7. The maximum Gasteiger partial charge on any atom is 0.264 e. The Morgan fingerprint density at radius 2 is 2.03 bits per heavy atom. The lowest BCUT2D eigenvalue weighted by molar-refractivity contribution is -0.118. The zero-order valence-corrected chi connectivity index (χ0v) is 20.7. The van der Waals surface area contributed by atoms with Crippen LogP contribution >= 0.6 is 58.5 Å². The van der Waals surface area contributed by atoms with E-state index in [1.165, 1.54) is 23.1 Å². The number of anilines is 1. The maximum absolute atomic E-state index is 12.4. The molecule has 1 aliphatic rings. The molecule has 0 atom stereocenters. The largest absolute Gasteiger partial charge is 0.483 e. The molecule has 2 aromatic carbocycles. The number of thioether (sulfide) groups is 1. The minimum Gasteiger partial charge on any atom is -0.483 e. The predicted octanol–water partition coefficient (Wildman–Crippen LogP) is 5.55. The molecule has 0 saturated carbocycles. The minimum atomic E-state index is -0.345. The lowest BCUT2D eigenvalue weighted by atomic mass is 10.1. The molecular formula is C22H15Cl2N3O3S3. The quantitative estimate of drug-likeness (QED) is 0.305. The van der Waals surface area contributed by atoms with Crippen LogP contribution in [0.2, 0.25) is 10.0 Å². The van der Waals surface area contributed by atoms with E-state index in [1.54, 1.807) is 36.5 Å². The summed E-state index contributed by atoms with van der Waals surface area (Å²) in [6.07, 6.45) is 4.01. The van der Waals surface area contributed by atoms with Crippen molar-refractivity contribution >= 4 is 85.9 Å². The molecule has 0 spiro atoms. The van der Waals surface area contributed by atoms with E-state index in [-0.39, 0.29) is 18.4 Å². The van der Waals surface area contributed by atoms with Crippen LogP contribution in [-0.2, 0) is 16.0 Å². The summed E-state index contributed by atoms with van der Waals surface area (Å²) in [4.78, 5) is 30.0. The molecule has 2 N–H and O–H groups in total. The second-order valence-electron chi connectivity index (χ2n) is 6.78. The van der Waals surface area contributed by atoms with E-state index in [2.05, 4.69) is 15.6 Å². The Labute approximate surface area is 213 Å². The fraction of sp³-hybridized carbons (Fsp3) is 0.0909. The molecule has 33 heavy (non-hydrogen) atoms. The van der Waals surface area contributed by atoms with Crippen LogP contribution in [0.4, 0.5) is 5.13 Å². The molecule has 11 heteroatoms. The van der Waals surface area contributed by atoms with Gasteiger partial charge in [-0.1, -0.05) is 71.4 Å². The molecule has 0 unspecified atom stereocenters. The van der Waals surface area contributed by atoms with Crippen molar-refractivity contribution in [3.8, 4) is 5.75 Å². The number of halogens is 2. The summed E-state index contributed by atoms with van der Waals surface area (Å²) in [6, 6.07) is 12.6. The molecule has 0 bridgehead atoms. The number of ether oxygens (including phenoxy) is 1. The molecule has 4 rings (SSSR count). The number of nitrogens with one attached hydrogen (secondary N) is 2. The summed E-state index contributed by atoms with van der Waals surface area (Å²) in [5.74, 6) is -0.120. The first kappa shape index (κ1) is 23.7. The molecule has 2 amide bonds. The molecule has 1 saturated heterocycles. The van der Waals surface area contributed by atoms with Gasteiger partial charge in [-0.2, -0.15) is 0 Å². The fourth-order valence-electron chi connectivity index (χ4n) is 2.89. The number of carbonyl (C=O) groups is 2. The molecule has 2 heterocycles. The number of hydrogen-bond acceptors (Lipinski definition) is 7. The number of benzene rings is 2. The number of aromatic nitrogens is 1. The highest BCUT2D eigenvalue weighted by Gasteiger charge is 2.22. The molecule has 1 fully saturated rings. The Kier molecular flexibility index (Phi) is 7.67. The van der Waals surface area contributed by atoms with Gasteiger partial charge >= 0.3 is 0 Å². The Hall–Kier alpha value is -2.43. The van der Waals surface area contributed by atoms with Crippen LogP contribution in [0.3, 0.4) is 0 Å². The summed E-state index contributed by atoms with van der Waals surface area (Å²) < 4.78 is 6.10. The van der Waals surface area contributed by atoms with Crippen molar-refractivity contribution in [3.63, 3.8) is 0 Å². The normalized spacial score (nSPS) is 14.4. The van der Waals surface area contributed by atoms with Gasteiger partial charge in [0, 0.05) is 23.1 Å². The number of amides is 2. The number of rotatable bonds is 7. The third-order valence-corrected chi connectivity index (χ3v) is 7.18. The monoisotopic (exact) mass is 535 g/mol. The van der Waals surface area contributed by atoms with Crippen LogP contribution in [0.1, 0.15) is 16.0 Å². The predicted molar refractivity (Wildman–Crippen MR) is 138 cm³/mol. The van der Waals surface area contributed by atoms with Crippen molar-refractivity contribution in [2.24, 2.45) is 0 Å². The van der Waals surface area contributed by atoms with E-state index in [1.807, 2.05) is 18.2 Å². The van der Waals surface area contributed by atoms with Gasteiger partial charge in [0.2, 0.25) is 0 Å². The van der Waals surface area contributed by atoms with E-state index < -0.39 is 0 Å². The smallest absolute Gasteiger partial charge is 0.264 e. The molecule has 3 aromatic rings. The van der Waals surface area contributed by atoms with Crippen molar-refractivity contribution in [1.82, 2.24) is 10.3 Å². The van der Waals surface area contributed by atoms with Crippen LogP contribution in [0.5, 0.6) is 5.75 Å². The average molecular weight is 536 g/mol. The van der Waals surface area contributed by atoms with Crippen molar-refractivity contribution in [2.75, 3.05) is 11.9 Å². The van der Waals surface area contributed by atoms with Gasteiger partial charge in [-0.15, -0.1) is 11.3 Å². The third kappa shape index (κ3) is 6.33. The first-order valence-corrected chi connectivity index (χ1v) is 12.3. The summed E-state index contributed by atoms with van der Waals surface area (Å²) in [6.45, 7) is -0.209. The molecule has 0 aliphatic carbocycles. The second-order valence-corrected chi connectivity index (χ2v) is 10.4. The molecule has 0 radical (unpaired) electrons. The third-order valence-electron chi connectivity index (χ3n) is 4.37. The SMILES string of the molecule is O=C(COc1ccccc1/C=C1\SC(=S)NC1=O)Nc1ncc(Cc2ccc(Cl)c(Cl)c2)s1. The van der Waals surface area contributed by atoms with E-state index in [9.17, 15) is 9.59 Å². The number of thiazole rings is 1. The van der Waals surface area contributed by atoms with E-state index in [0.29, 0.717) is 42.1 Å². The van der Waals surface area contributed by atoms with E-state index in [4.69, 9.17) is 40.2 Å². The number of carbonyl (C=O) groups excluding carboxylic acids is 2.